The SMILES string of the molecule is CCCCCCCCCCCC(=O)OC(O)C(OC(=O)CCCCCCCCCCC)([N+](=O)[O-])C(C(O)O)([N+](=O)[O-])C(O)(OC(=O)CCCCCCCCCCC)OC(=O)CCCCCCCCCCC. The molecule has 0 saturated heterocycles. The van der Waals surface area contributed by atoms with Gasteiger partial charge in [-0.25, -0.2) is 0 Å². The van der Waals surface area contributed by atoms with Gasteiger partial charge >= 0.3 is 47.4 Å². The number of nitrogens with zero attached hydrogens (tertiary/aromatic N) is 2. The number of hydrogen-bond donors (Lipinski definition) is 4. The van der Waals surface area contributed by atoms with E-state index in [1.807, 2.05) is 0 Å². The molecule has 0 heterocycles. The summed E-state index contributed by atoms with van der Waals surface area (Å²) >= 11 is 0. The molecule has 0 radical (unpaired) electrons. The maximum absolute atomic E-state index is 13.7. The summed E-state index contributed by atoms with van der Waals surface area (Å²) in [7, 11) is 0. The molecule has 18 nitrogen and oxygen atoms in total. The normalized spacial score (nSPS) is 13.8. The summed E-state index contributed by atoms with van der Waals surface area (Å²) < 4.78 is 20.4. The lowest BCUT2D eigenvalue weighted by Crippen LogP contribution is -2.84. The standard InChI is InChI=1S/C53H98N2O16/c1-5-9-13-17-21-25-29-33-37-41-45(56)68-50(62)52(55(66)67,69-46(57)42-38-34-30-26-22-18-14-10-6-2)51(49(60)61,54(64)65)53(63,70-47(58)43-39-35-31-27-23-19-15-11-7-3)71-48(59)44-40-36-32-28-24-20-16-12-8-4/h49-50,60-63H,5-44H2,1-4H3. The van der Waals surface area contributed by atoms with Crippen molar-refractivity contribution >= 4 is 23.9 Å². The van der Waals surface area contributed by atoms with Gasteiger partial charge in [-0.2, -0.15) is 0 Å². The minimum Gasteiger partial charge on any atom is -0.423 e. The van der Waals surface area contributed by atoms with Crippen LogP contribution in [0.1, 0.15) is 285 Å². The second-order valence-corrected chi connectivity index (χ2v) is 19.5. The fraction of sp³-hybridized carbons (Fsp3) is 0.925. The molecule has 0 fully saturated rings. The van der Waals surface area contributed by atoms with E-state index in [0.29, 0.717) is 44.9 Å². The molecule has 0 aromatic rings. The van der Waals surface area contributed by atoms with Gasteiger partial charge in [0, 0.05) is 25.7 Å². The highest BCUT2D eigenvalue weighted by Crippen LogP contribution is 2.46. The van der Waals surface area contributed by atoms with Crippen LogP contribution in [-0.4, -0.2) is 84.0 Å². The predicted molar refractivity (Wildman–Crippen MR) is 270 cm³/mol. The third kappa shape index (κ3) is 26.9. The number of nitro groups is 2. The average molecular weight is 1020 g/mol. The number of aliphatic hydroxyl groups is 4. The molecular formula is C53H98N2O16. The van der Waals surface area contributed by atoms with Crippen LogP contribution in [0, 0.1) is 20.2 Å². The minimum absolute atomic E-state index is 0.0228. The second-order valence-electron chi connectivity index (χ2n) is 19.5. The Morgan fingerprint density at radius 1 is 0.394 bits per heavy atom. The van der Waals surface area contributed by atoms with E-state index in [2.05, 4.69) is 27.7 Å². The molecule has 416 valence electrons. The van der Waals surface area contributed by atoms with Crippen molar-refractivity contribution in [3.8, 4) is 0 Å². The maximum atomic E-state index is 13.7. The van der Waals surface area contributed by atoms with Crippen molar-refractivity contribution in [3.05, 3.63) is 20.2 Å². The molecule has 0 aliphatic carbocycles. The largest absolute Gasteiger partial charge is 0.513 e. The summed E-state index contributed by atoms with van der Waals surface area (Å²) in [6.07, 6.45) is 19.5. The molecular weight excluding hydrogens is 921 g/mol. The molecule has 4 N–H and O–H groups in total. The van der Waals surface area contributed by atoms with Crippen LogP contribution >= 0.6 is 0 Å². The smallest absolute Gasteiger partial charge is 0.423 e. The molecule has 3 unspecified atom stereocenters. The van der Waals surface area contributed by atoms with Gasteiger partial charge in [-0.1, -0.05) is 233 Å². The molecule has 0 aliphatic rings. The van der Waals surface area contributed by atoms with Crippen molar-refractivity contribution in [2.75, 3.05) is 0 Å². The van der Waals surface area contributed by atoms with Gasteiger partial charge in [-0.05, 0) is 25.7 Å². The lowest BCUT2D eigenvalue weighted by molar-refractivity contribution is -0.779. The molecule has 0 saturated carbocycles. The summed E-state index contributed by atoms with van der Waals surface area (Å²) in [4.78, 5) is 77.7. The number of rotatable bonds is 50. The second kappa shape index (κ2) is 41.9. The van der Waals surface area contributed by atoms with Crippen LogP contribution in [0.4, 0.5) is 0 Å². The highest BCUT2D eigenvalue weighted by atomic mass is 16.9. The van der Waals surface area contributed by atoms with Gasteiger partial charge in [0.1, 0.15) is 0 Å². The molecule has 0 aliphatic heterocycles. The van der Waals surface area contributed by atoms with Crippen LogP contribution < -0.4 is 0 Å². The fourth-order valence-electron chi connectivity index (χ4n) is 8.89. The van der Waals surface area contributed by atoms with E-state index >= 15 is 0 Å². The summed E-state index contributed by atoms with van der Waals surface area (Å²) in [5.74, 6) is -10.7. The first-order valence-corrected chi connectivity index (χ1v) is 28.0. The predicted octanol–water partition coefficient (Wildman–Crippen LogP) is 12.1. The topological polar surface area (TPSA) is 272 Å². The number of carbonyl (C=O) groups excluding carboxylic acids is 4. The van der Waals surface area contributed by atoms with Gasteiger partial charge in [0.2, 0.25) is 6.29 Å². The Bertz CT molecular complexity index is 1400. The highest BCUT2D eigenvalue weighted by Gasteiger charge is 2.95. The Morgan fingerprint density at radius 3 is 0.873 bits per heavy atom. The summed E-state index contributed by atoms with van der Waals surface area (Å²) in [5, 5.41) is 73.5. The Labute approximate surface area is 425 Å². The van der Waals surface area contributed by atoms with Crippen LogP contribution in [0.5, 0.6) is 0 Å². The zero-order valence-corrected chi connectivity index (χ0v) is 44.5. The van der Waals surface area contributed by atoms with Crippen molar-refractivity contribution < 1.29 is 68.4 Å². The molecule has 0 rings (SSSR count). The van der Waals surface area contributed by atoms with Gasteiger partial charge in [0.25, 0.3) is 0 Å². The molecule has 0 amide bonds. The molecule has 18 heteroatoms. The highest BCUT2D eigenvalue weighted by molar-refractivity contribution is 5.73. The first-order valence-electron chi connectivity index (χ1n) is 28.0. The molecule has 0 spiro atoms. The van der Waals surface area contributed by atoms with E-state index in [1.165, 1.54) is 0 Å². The van der Waals surface area contributed by atoms with Crippen LogP contribution in [-0.2, 0) is 38.1 Å². The van der Waals surface area contributed by atoms with E-state index < -0.39 is 89.2 Å². The van der Waals surface area contributed by atoms with Crippen LogP contribution in [0.25, 0.3) is 0 Å². The van der Waals surface area contributed by atoms with Gasteiger partial charge in [0.05, 0.1) is 9.85 Å². The first-order chi connectivity index (χ1) is 34.1. The number of ether oxygens (including phenoxy) is 4. The molecule has 3 atom stereocenters. The van der Waals surface area contributed by atoms with Gasteiger partial charge < -0.3 is 39.4 Å². The number of hydrogen-bond acceptors (Lipinski definition) is 16. The van der Waals surface area contributed by atoms with Crippen molar-refractivity contribution in [1.29, 1.82) is 0 Å². The van der Waals surface area contributed by atoms with E-state index in [0.717, 1.165) is 161 Å². The van der Waals surface area contributed by atoms with Crippen molar-refractivity contribution in [1.82, 2.24) is 0 Å². The quantitative estimate of drug-likeness (QED) is 0.0110. The maximum Gasteiger partial charge on any atom is 0.513 e. The number of carbonyl (C=O) groups is 4. The first kappa shape index (κ1) is 67.5. The molecule has 71 heavy (non-hydrogen) atoms. The van der Waals surface area contributed by atoms with Gasteiger partial charge in [0.15, 0.2) is 0 Å². The van der Waals surface area contributed by atoms with Crippen molar-refractivity contribution in [3.63, 3.8) is 0 Å². The third-order valence-corrected chi connectivity index (χ3v) is 13.3. The van der Waals surface area contributed by atoms with Gasteiger partial charge in [-0.3, -0.25) is 39.4 Å². The zero-order chi connectivity index (χ0) is 53.2. The monoisotopic (exact) mass is 1020 g/mol. The number of esters is 4. The Morgan fingerprint density at radius 2 is 0.634 bits per heavy atom. The van der Waals surface area contributed by atoms with E-state index in [-0.39, 0.29) is 25.7 Å². The summed E-state index contributed by atoms with van der Waals surface area (Å²) in [5.41, 5.74) is -9.66. The third-order valence-electron chi connectivity index (χ3n) is 13.3. The fourth-order valence-corrected chi connectivity index (χ4v) is 8.89. The molecule has 0 aromatic heterocycles. The molecule has 0 aromatic carbocycles. The molecule has 0 bridgehead atoms. The van der Waals surface area contributed by atoms with E-state index in [9.17, 15) is 59.8 Å². The Balaban J connectivity index is 7.07. The minimum atomic E-state index is -4.92. The summed E-state index contributed by atoms with van der Waals surface area (Å²) in [6.45, 7) is 8.43. The lowest BCUT2D eigenvalue weighted by atomic mass is 9.81. The summed E-state index contributed by atoms with van der Waals surface area (Å²) in [6, 6.07) is 0. The van der Waals surface area contributed by atoms with E-state index in [4.69, 9.17) is 18.9 Å². The van der Waals surface area contributed by atoms with Crippen LogP contribution in [0.2, 0.25) is 0 Å². The number of unbranched alkanes of at least 4 members (excludes halogenated alkanes) is 32. The number of aliphatic hydroxyl groups excluding tert-OH is 2. The van der Waals surface area contributed by atoms with Crippen molar-refractivity contribution in [2.24, 2.45) is 0 Å². The van der Waals surface area contributed by atoms with Gasteiger partial charge in [-0.15, -0.1) is 0 Å². The Hall–Kier alpha value is -3.48. The Kier molecular flexibility index (Phi) is 39.9. The van der Waals surface area contributed by atoms with Crippen LogP contribution in [0.3, 0.4) is 0 Å². The van der Waals surface area contributed by atoms with E-state index in [1.54, 1.807) is 0 Å². The average Bonchev–Trinajstić information content (AvgIpc) is 3.31. The van der Waals surface area contributed by atoms with Crippen molar-refractivity contribution in [2.45, 2.75) is 314 Å². The lowest BCUT2D eigenvalue weighted by Gasteiger charge is -2.43. The van der Waals surface area contributed by atoms with Crippen LogP contribution in [0.15, 0.2) is 0 Å². The zero-order valence-electron chi connectivity index (χ0n) is 44.5.